The van der Waals surface area contributed by atoms with Gasteiger partial charge >= 0.3 is 6.03 Å². The normalized spacial score (nSPS) is 25.6. The van der Waals surface area contributed by atoms with E-state index in [0.29, 0.717) is 42.8 Å². The van der Waals surface area contributed by atoms with Crippen molar-refractivity contribution in [1.29, 1.82) is 0 Å². The maximum atomic E-state index is 12.6. The van der Waals surface area contributed by atoms with E-state index in [2.05, 4.69) is 5.32 Å². The van der Waals surface area contributed by atoms with Crippen molar-refractivity contribution in [3.05, 3.63) is 33.8 Å². The molecule has 0 radical (unpaired) electrons. The molecule has 0 unspecified atom stereocenters. The third-order valence-corrected chi connectivity index (χ3v) is 5.92. The number of nitrogens with zero attached hydrogens (tertiary/aromatic N) is 2. The molecule has 1 aromatic rings. The first-order valence-electron chi connectivity index (χ1n) is 9.00. The number of hydrogen-bond acceptors (Lipinski definition) is 4. The second-order valence-electron chi connectivity index (χ2n) is 7.13. The van der Waals surface area contributed by atoms with Crippen LogP contribution in [0.15, 0.2) is 18.2 Å². The van der Waals surface area contributed by atoms with Crippen LogP contribution in [0.4, 0.5) is 4.79 Å². The predicted molar refractivity (Wildman–Crippen MR) is 99.9 cm³/mol. The number of nitrogens with one attached hydrogen (secondary N) is 1. The van der Waals surface area contributed by atoms with E-state index >= 15 is 0 Å². The number of urea groups is 1. The number of piperidine rings is 1. The SMILES string of the molecule is O=C1CO[C@H]2CCN(C(=O)N3CC(OCc4ccc(Cl)c(Cl)c4)C3)C[C@H]2N1. The molecule has 1 N–H and O–H groups in total. The van der Waals surface area contributed by atoms with Gasteiger partial charge in [0.2, 0.25) is 5.91 Å². The molecule has 146 valence electrons. The van der Waals surface area contributed by atoms with Crippen molar-refractivity contribution in [2.45, 2.75) is 31.3 Å². The number of amides is 3. The summed E-state index contributed by atoms with van der Waals surface area (Å²) in [7, 11) is 0. The van der Waals surface area contributed by atoms with Gasteiger partial charge in [0.05, 0.1) is 48.0 Å². The molecule has 3 heterocycles. The minimum Gasteiger partial charge on any atom is -0.370 e. The summed E-state index contributed by atoms with van der Waals surface area (Å²) in [6.07, 6.45) is 0.756. The number of halogens is 2. The molecule has 2 atom stereocenters. The molecule has 3 aliphatic heterocycles. The fourth-order valence-corrected chi connectivity index (χ4v) is 3.94. The highest BCUT2D eigenvalue weighted by Gasteiger charge is 2.40. The second kappa shape index (κ2) is 7.83. The van der Waals surface area contributed by atoms with E-state index in [1.165, 1.54) is 0 Å². The molecule has 0 saturated carbocycles. The number of morpholine rings is 1. The lowest BCUT2D eigenvalue weighted by Gasteiger charge is -2.45. The van der Waals surface area contributed by atoms with Gasteiger partial charge in [-0.25, -0.2) is 4.79 Å². The summed E-state index contributed by atoms with van der Waals surface area (Å²) in [6.45, 7) is 2.79. The number of carbonyl (C=O) groups excluding carboxylic acids is 2. The van der Waals surface area contributed by atoms with Gasteiger partial charge in [0, 0.05) is 13.1 Å². The summed E-state index contributed by atoms with van der Waals surface area (Å²) in [5.41, 5.74) is 0.948. The Morgan fingerprint density at radius 2 is 2.04 bits per heavy atom. The van der Waals surface area contributed by atoms with Gasteiger partial charge in [0.1, 0.15) is 6.61 Å². The molecule has 1 aromatic carbocycles. The molecule has 27 heavy (non-hydrogen) atoms. The van der Waals surface area contributed by atoms with E-state index < -0.39 is 0 Å². The van der Waals surface area contributed by atoms with Crippen LogP contribution in [0.5, 0.6) is 0 Å². The van der Waals surface area contributed by atoms with Crippen LogP contribution >= 0.6 is 23.2 Å². The zero-order chi connectivity index (χ0) is 19.0. The van der Waals surface area contributed by atoms with E-state index in [1.807, 2.05) is 6.07 Å². The maximum absolute atomic E-state index is 12.6. The first kappa shape index (κ1) is 18.8. The highest BCUT2D eigenvalue weighted by Crippen LogP contribution is 2.25. The summed E-state index contributed by atoms with van der Waals surface area (Å²) in [5, 5.41) is 3.94. The Bertz CT molecular complexity index is 741. The molecule has 0 spiro atoms. The van der Waals surface area contributed by atoms with E-state index in [0.717, 1.165) is 12.0 Å². The average Bonchev–Trinajstić information content (AvgIpc) is 2.62. The van der Waals surface area contributed by atoms with Crippen LogP contribution in [0, 0.1) is 0 Å². The van der Waals surface area contributed by atoms with Gasteiger partial charge in [-0.15, -0.1) is 0 Å². The predicted octanol–water partition coefficient (Wildman–Crippen LogP) is 1.90. The Hall–Kier alpha value is -1.54. The number of fused-ring (bicyclic) bond motifs is 1. The van der Waals surface area contributed by atoms with Gasteiger partial charge in [0.25, 0.3) is 0 Å². The molecule has 3 amide bonds. The number of benzene rings is 1. The minimum atomic E-state index is -0.120. The van der Waals surface area contributed by atoms with Gasteiger partial charge in [-0.2, -0.15) is 0 Å². The molecule has 9 heteroatoms. The van der Waals surface area contributed by atoms with Crippen LogP contribution in [0.25, 0.3) is 0 Å². The number of ether oxygens (including phenoxy) is 2. The Morgan fingerprint density at radius 1 is 1.22 bits per heavy atom. The van der Waals surface area contributed by atoms with Crippen LogP contribution in [0.2, 0.25) is 10.0 Å². The van der Waals surface area contributed by atoms with Gasteiger partial charge in [-0.05, 0) is 24.1 Å². The lowest BCUT2D eigenvalue weighted by molar-refractivity contribution is -0.140. The third-order valence-electron chi connectivity index (χ3n) is 5.18. The number of carbonyl (C=O) groups is 2. The quantitative estimate of drug-likeness (QED) is 0.821. The van der Waals surface area contributed by atoms with Crippen molar-refractivity contribution < 1.29 is 19.1 Å². The van der Waals surface area contributed by atoms with Crippen LogP contribution in [-0.2, 0) is 20.9 Å². The highest BCUT2D eigenvalue weighted by atomic mass is 35.5. The second-order valence-corrected chi connectivity index (χ2v) is 7.94. The largest absolute Gasteiger partial charge is 0.370 e. The number of rotatable bonds is 3. The van der Waals surface area contributed by atoms with Crippen LogP contribution < -0.4 is 5.32 Å². The average molecular weight is 414 g/mol. The van der Waals surface area contributed by atoms with Crippen molar-refractivity contribution in [2.24, 2.45) is 0 Å². The lowest BCUT2D eigenvalue weighted by atomic mass is 10.0. The molecule has 0 bridgehead atoms. The first-order valence-corrected chi connectivity index (χ1v) is 9.75. The lowest BCUT2D eigenvalue weighted by Crippen LogP contribution is -2.65. The standard InChI is InChI=1S/C18H21Cl2N3O4/c19-13-2-1-11(5-14(13)20)9-26-12-6-23(7-12)18(25)22-4-3-16-15(8-22)21-17(24)10-27-16/h1-2,5,12,15-16H,3-4,6-10H2,(H,21,24)/t15-,16+/m1/s1. The Kier molecular flexibility index (Phi) is 5.45. The molecule has 4 rings (SSSR count). The Labute approximate surface area is 167 Å². The van der Waals surface area contributed by atoms with Gasteiger partial charge in [0.15, 0.2) is 0 Å². The zero-order valence-corrected chi connectivity index (χ0v) is 16.2. The van der Waals surface area contributed by atoms with Crippen LogP contribution in [0.1, 0.15) is 12.0 Å². The first-order chi connectivity index (χ1) is 13.0. The maximum Gasteiger partial charge on any atom is 0.320 e. The summed E-state index contributed by atoms with van der Waals surface area (Å²) < 4.78 is 11.4. The van der Waals surface area contributed by atoms with Crippen LogP contribution in [-0.4, -0.2) is 72.8 Å². The monoisotopic (exact) mass is 413 g/mol. The van der Waals surface area contributed by atoms with Crippen molar-refractivity contribution >= 4 is 35.1 Å². The molecule has 3 saturated heterocycles. The zero-order valence-electron chi connectivity index (χ0n) is 14.7. The molecule has 0 aliphatic carbocycles. The Morgan fingerprint density at radius 3 is 2.81 bits per heavy atom. The Balaban J connectivity index is 1.22. The number of likely N-dealkylation sites (tertiary alicyclic amines) is 2. The van der Waals surface area contributed by atoms with Crippen molar-refractivity contribution in [3.8, 4) is 0 Å². The van der Waals surface area contributed by atoms with Crippen molar-refractivity contribution in [3.63, 3.8) is 0 Å². The highest BCUT2D eigenvalue weighted by molar-refractivity contribution is 6.42. The van der Waals surface area contributed by atoms with Gasteiger partial charge in [-0.3, -0.25) is 4.79 Å². The van der Waals surface area contributed by atoms with Crippen LogP contribution in [0.3, 0.4) is 0 Å². The molecule has 3 aliphatic rings. The number of hydrogen-bond donors (Lipinski definition) is 1. The molecule has 7 nitrogen and oxygen atoms in total. The molecular weight excluding hydrogens is 393 g/mol. The summed E-state index contributed by atoms with van der Waals surface area (Å²) >= 11 is 11.9. The molecule has 0 aromatic heterocycles. The van der Waals surface area contributed by atoms with E-state index in [1.54, 1.807) is 21.9 Å². The minimum absolute atomic E-state index is 0.00502. The summed E-state index contributed by atoms with van der Waals surface area (Å²) in [4.78, 5) is 27.7. The third kappa shape index (κ3) is 4.16. The van der Waals surface area contributed by atoms with Gasteiger partial charge < -0.3 is 24.6 Å². The topological polar surface area (TPSA) is 71.1 Å². The fraction of sp³-hybridized carbons (Fsp3) is 0.556. The summed E-state index contributed by atoms with van der Waals surface area (Å²) in [6, 6.07) is 5.28. The summed E-state index contributed by atoms with van der Waals surface area (Å²) in [5.74, 6) is -0.120. The molecular formula is C18H21Cl2N3O4. The van der Waals surface area contributed by atoms with Crippen molar-refractivity contribution in [2.75, 3.05) is 32.8 Å². The smallest absolute Gasteiger partial charge is 0.320 e. The van der Waals surface area contributed by atoms with E-state index in [4.69, 9.17) is 32.7 Å². The molecule has 3 fully saturated rings. The fourth-order valence-electron chi connectivity index (χ4n) is 3.62. The van der Waals surface area contributed by atoms with E-state index in [-0.39, 0.29) is 36.8 Å². The van der Waals surface area contributed by atoms with Crippen molar-refractivity contribution in [1.82, 2.24) is 15.1 Å². The van der Waals surface area contributed by atoms with Gasteiger partial charge in [-0.1, -0.05) is 29.3 Å². The van der Waals surface area contributed by atoms with E-state index in [9.17, 15) is 9.59 Å².